The number of sulfonamides is 1. The molecule has 0 saturated carbocycles. The summed E-state index contributed by atoms with van der Waals surface area (Å²) in [5.74, 6) is -1.96. The molecule has 1 aliphatic heterocycles. The number of amides is 2. The molecule has 0 fully saturated rings. The summed E-state index contributed by atoms with van der Waals surface area (Å²) in [4.78, 5) is 29.3. The fourth-order valence-electron chi connectivity index (χ4n) is 2.69. The molecule has 0 aliphatic carbocycles. The number of ether oxygens (including phenoxy) is 1. The van der Waals surface area contributed by atoms with E-state index in [1.54, 1.807) is 0 Å². The molecule has 0 unspecified atom stereocenters. The molecule has 8 nitrogen and oxygen atoms in total. The molecular formula is C17H16FN3O5S. The lowest BCUT2D eigenvalue weighted by Gasteiger charge is -2.17. The Balaban J connectivity index is 1.93. The number of pyridine rings is 1. The Bertz CT molecular complexity index is 974. The standard InChI is InChI=1S/C17H16FN3O5S/c1-26-8-7-20-27(24,25)14-9-12(18)5-4-11(14)10-21-16(22)13-3-2-6-19-15(13)17(21)23/h2-6,9,20H,7-8,10H2,1H3. The smallest absolute Gasteiger partial charge is 0.280 e. The fraction of sp³-hybridized carbons (Fsp3) is 0.235. The van der Waals surface area contributed by atoms with E-state index in [1.807, 2.05) is 0 Å². The van der Waals surface area contributed by atoms with Crippen LogP contribution in [0.1, 0.15) is 26.4 Å². The number of aromatic nitrogens is 1. The maximum absolute atomic E-state index is 13.7. The molecule has 0 spiro atoms. The summed E-state index contributed by atoms with van der Waals surface area (Å²) in [6, 6.07) is 6.15. The van der Waals surface area contributed by atoms with Crippen LogP contribution in [0.5, 0.6) is 0 Å². The van der Waals surface area contributed by atoms with Gasteiger partial charge in [-0.1, -0.05) is 6.07 Å². The highest BCUT2D eigenvalue weighted by Crippen LogP contribution is 2.25. The molecule has 2 aromatic rings. The zero-order valence-corrected chi connectivity index (χ0v) is 15.1. The molecule has 1 aliphatic rings. The Morgan fingerprint density at radius 2 is 2.00 bits per heavy atom. The van der Waals surface area contributed by atoms with Gasteiger partial charge in [0.05, 0.1) is 23.6 Å². The summed E-state index contributed by atoms with van der Waals surface area (Å²) in [6.45, 7) is -0.200. The minimum absolute atomic E-state index is 0.00670. The minimum atomic E-state index is -4.06. The average Bonchev–Trinajstić information content (AvgIpc) is 2.88. The predicted octanol–water partition coefficient (Wildman–Crippen LogP) is 0.942. The van der Waals surface area contributed by atoms with Crippen molar-refractivity contribution in [1.82, 2.24) is 14.6 Å². The normalized spacial score (nSPS) is 13.9. The first-order chi connectivity index (χ1) is 12.8. The minimum Gasteiger partial charge on any atom is -0.383 e. The van der Waals surface area contributed by atoms with E-state index >= 15 is 0 Å². The van der Waals surface area contributed by atoms with Crippen molar-refractivity contribution in [2.75, 3.05) is 20.3 Å². The van der Waals surface area contributed by atoms with E-state index in [0.29, 0.717) is 0 Å². The zero-order chi connectivity index (χ0) is 19.6. The van der Waals surface area contributed by atoms with E-state index in [2.05, 4.69) is 9.71 Å². The first-order valence-corrected chi connectivity index (χ1v) is 9.41. The third-order valence-corrected chi connectivity index (χ3v) is 5.52. The first-order valence-electron chi connectivity index (χ1n) is 7.93. The van der Waals surface area contributed by atoms with Gasteiger partial charge in [0.25, 0.3) is 11.8 Å². The number of nitrogens with one attached hydrogen (secondary N) is 1. The van der Waals surface area contributed by atoms with Crippen molar-refractivity contribution in [3.05, 3.63) is 59.2 Å². The molecule has 2 heterocycles. The average molecular weight is 393 g/mol. The van der Waals surface area contributed by atoms with Crippen molar-refractivity contribution in [2.24, 2.45) is 0 Å². The van der Waals surface area contributed by atoms with Gasteiger partial charge < -0.3 is 4.74 Å². The van der Waals surface area contributed by atoms with E-state index in [4.69, 9.17) is 4.74 Å². The molecule has 142 valence electrons. The number of rotatable bonds is 7. The Morgan fingerprint density at radius 3 is 2.70 bits per heavy atom. The molecule has 2 amide bonds. The molecule has 1 N–H and O–H groups in total. The molecule has 0 radical (unpaired) electrons. The molecule has 10 heteroatoms. The topological polar surface area (TPSA) is 106 Å². The van der Waals surface area contributed by atoms with Crippen LogP contribution in [-0.2, 0) is 21.3 Å². The maximum Gasteiger partial charge on any atom is 0.280 e. The number of imide groups is 1. The second-order valence-corrected chi connectivity index (χ2v) is 7.47. The summed E-state index contributed by atoms with van der Waals surface area (Å²) in [7, 11) is -2.65. The van der Waals surface area contributed by atoms with E-state index < -0.39 is 27.7 Å². The Kier molecular flexibility index (Phi) is 5.31. The second-order valence-electron chi connectivity index (χ2n) is 5.74. The van der Waals surface area contributed by atoms with Crippen LogP contribution >= 0.6 is 0 Å². The molecule has 0 atom stereocenters. The summed E-state index contributed by atoms with van der Waals surface area (Å²) in [5, 5.41) is 0. The Labute approximate surface area is 155 Å². The van der Waals surface area contributed by atoms with Gasteiger partial charge in [0.2, 0.25) is 10.0 Å². The van der Waals surface area contributed by atoms with Gasteiger partial charge in [-0.15, -0.1) is 0 Å². The van der Waals surface area contributed by atoms with Gasteiger partial charge in [-0.3, -0.25) is 19.5 Å². The van der Waals surface area contributed by atoms with Crippen LogP contribution in [0.2, 0.25) is 0 Å². The van der Waals surface area contributed by atoms with Crippen molar-refractivity contribution in [2.45, 2.75) is 11.4 Å². The van der Waals surface area contributed by atoms with Crippen LogP contribution in [0.15, 0.2) is 41.4 Å². The molecule has 0 saturated heterocycles. The third-order valence-electron chi connectivity index (χ3n) is 3.98. The van der Waals surface area contributed by atoms with Gasteiger partial charge >= 0.3 is 0 Å². The zero-order valence-electron chi connectivity index (χ0n) is 14.3. The number of methoxy groups -OCH3 is 1. The van der Waals surface area contributed by atoms with Crippen molar-refractivity contribution >= 4 is 21.8 Å². The summed E-state index contributed by atoms with van der Waals surface area (Å²) in [6.07, 6.45) is 1.39. The molecular weight excluding hydrogens is 377 g/mol. The summed E-state index contributed by atoms with van der Waals surface area (Å²) in [5.41, 5.74) is 0.260. The largest absolute Gasteiger partial charge is 0.383 e. The summed E-state index contributed by atoms with van der Waals surface area (Å²) < 4.78 is 45.8. The van der Waals surface area contributed by atoms with Gasteiger partial charge in [0, 0.05) is 19.9 Å². The molecule has 3 rings (SSSR count). The number of benzene rings is 1. The number of hydrogen-bond acceptors (Lipinski definition) is 6. The van der Waals surface area contributed by atoms with Crippen LogP contribution < -0.4 is 4.72 Å². The number of carbonyl (C=O) groups is 2. The van der Waals surface area contributed by atoms with Gasteiger partial charge in [-0.25, -0.2) is 17.5 Å². The van der Waals surface area contributed by atoms with Crippen LogP contribution in [0.25, 0.3) is 0 Å². The summed E-state index contributed by atoms with van der Waals surface area (Å²) >= 11 is 0. The number of halogens is 1. The lowest BCUT2D eigenvalue weighted by molar-refractivity contribution is 0.0639. The van der Waals surface area contributed by atoms with Gasteiger partial charge in [0.15, 0.2) is 0 Å². The highest BCUT2D eigenvalue weighted by Gasteiger charge is 2.37. The molecule has 0 bridgehead atoms. The fourth-order valence-corrected chi connectivity index (χ4v) is 3.95. The quantitative estimate of drug-likeness (QED) is 0.554. The van der Waals surface area contributed by atoms with Crippen LogP contribution in [0.3, 0.4) is 0 Å². The SMILES string of the molecule is COCCNS(=O)(=O)c1cc(F)ccc1CN1C(=O)c2cccnc2C1=O. The van der Waals surface area contributed by atoms with Crippen LogP contribution in [0.4, 0.5) is 4.39 Å². The third kappa shape index (κ3) is 3.72. The van der Waals surface area contributed by atoms with E-state index in [9.17, 15) is 22.4 Å². The highest BCUT2D eigenvalue weighted by molar-refractivity contribution is 7.89. The first kappa shape index (κ1) is 19.1. The highest BCUT2D eigenvalue weighted by atomic mass is 32.2. The second kappa shape index (κ2) is 7.51. The van der Waals surface area contributed by atoms with Crippen LogP contribution in [0, 0.1) is 5.82 Å². The van der Waals surface area contributed by atoms with E-state index in [0.717, 1.165) is 17.0 Å². The monoisotopic (exact) mass is 393 g/mol. The van der Waals surface area contributed by atoms with Gasteiger partial charge in [-0.2, -0.15) is 0 Å². The van der Waals surface area contributed by atoms with Crippen molar-refractivity contribution in [3.63, 3.8) is 0 Å². The number of nitrogens with zero attached hydrogens (tertiary/aromatic N) is 2. The predicted molar refractivity (Wildman–Crippen MR) is 91.9 cm³/mol. The molecule has 27 heavy (non-hydrogen) atoms. The van der Waals surface area contributed by atoms with Crippen LogP contribution in [-0.4, -0.2) is 50.4 Å². The van der Waals surface area contributed by atoms with E-state index in [1.165, 1.54) is 31.5 Å². The number of hydrogen-bond donors (Lipinski definition) is 1. The number of fused-ring (bicyclic) bond motifs is 1. The Morgan fingerprint density at radius 1 is 1.22 bits per heavy atom. The number of carbonyl (C=O) groups excluding carboxylic acids is 2. The molecule has 1 aromatic heterocycles. The van der Waals surface area contributed by atoms with Gasteiger partial charge in [-0.05, 0) is 29.8 Å². The maximum atomic E-state index is 13.7. The van der Waals surface area contributed by atoms with Gasteiger partial charge in [0.1, 0.15) is 11.5 Å². The van der Waals surface area contributed by atoms with Crippen molar-refractivity contribution in [3.8, 4) is 0 Å². The lowest BCUT2D eigenvalue weighted by Crippen LogP contribution is -2.32. The van der Waals surface area contributed by atoms with E-state index in [-0.39, 0.29) is 41.4 Å². The Hall–Kier alpha value is -2.69. The lowest BCUT2D eigenvalue weighted by atomic mass is 10.2. The van der Waals surface area contributed by atoms with Crippen molar-refractivity contribution in [1.29, 1.82) is 0 Å². The molecule has 1 aromatic carbocycles. The van der Waals surface area contributed by atoms with Crippen molar-refractivity contribution < 1.29 is 27.1 Å².